The molecule has 0 unspecified atom stereocenters. The number of pyridine rings is 1. The summed E-state index contributed by atoms with van der Waals surface area (Å²) in [7, 11) is 0. The van der Waals surface area contributed by atoms with Crippen LogP contribution in [0, 0.1) is 0 Å². The van der Waals surface area contributed by atoms with Crippen LogP contribution in [-0.2, 0) is 20.7 Å². The summed E-state index contributed by atoms with van der Waals surface area (Å²) in [4.78, 5) is 35.9. The lowest BCUT2D eigenvalue weighted by Crippen LogP contribution is -2.35. The summed E-state index contributed by atoms with van der Waals surface area (Å²) < 4.78 is 5.65. The zero-order valence-corrected chi connectivity index (χ0v) is 16.7. The number of benzene rings is 1. The Kier molecular flexibility index (Phi) is 5.95. The van der Waals surface area contributed by atoms with E-state index in [4.69, 9.17) is 4.74 Å². The van der Waals surface area contributed by atoms with Gasteiger partial charge in [-0.15, -0.1) is 11.3 Å². The van der Waals surface area contributed by atoms with Crippen molar-refractivity contribution in [3.05, 3.63) is 71.5 Å². The van der Waals surface area contributed by atoms with E-state index in [-0.39, 0.29) is 12.3 Å². The molecule has 7 heteroatoms. The van der Waals surface area contributed by atoms with Crippen molar-refractivity contribution in [3.63, 3.8) is 0 Å². The minimum atomic E-state index is -0.918. The molecule has 1 saturated heterocycles. The summed E-state index contributed by atoms with van der Waals surface area (Å²) in [6.45, 7) is 1.42. The highest BCUT2D eigenvalue weighted by molar-refractivity contribution is 7.13. The predicted molar refractivity (Wildman–Crippen MR) is 110 cm³/mol. The van der Waals surface area contributed by atoms with Crippen LogP contribution in [0.25, 0.3) is 10.6 Å². The molecule has 0 saturated carbocycles. The molecule has 1 atom stereocenters. The van der Waals surface area contributed by atoms with Crippen molar-refractivity contribution in [1.29, 1.82) is 0 Å². The number of thiazole rings is 1. The fourth-order valence-electron chi connectivity index (χ4n) is 3.32. The van der Waals surface area contributed by atoms with Gasteiger partial charge < -0.3 is 9.64 Å². The van der Waals surface area contributed by atoms with Gasteiger partial charge in [-0.2, -0.15) is 0 Å². The van der Waals surface area contributed by atoms with E-state index in [9.17, 15) is 9.59 Å². The first-order chi connectivity index (χ1) is 14.2. The number of aromatic nitrogens is 2. The summed E-state index contributed by atoms with van der Waals surface area (Å²) in [6.07, 6.45) is 4.51. The van der Waals surface area contributed by atoms with Crippen LogP contribution in [0.15, 0.2) is 60.2 Å². The van der Waals surface area contributed by atoms with Crippen molar-refractivity contribution in [2.24, 2.45) is 0 Å². The number of nitrogens with zero attached hydrogens (tertiary/aromatic N) is 3. The number of likely N-dealkylation sites (tertiary alicyclic amines) is 1. The van der Waals surface area contributed by atoms with Gasteiger partial charge in [-0.3, -0.25) is 14.6 Å². The lowest BCUT2D eigenvalue weighted by molar-refractivity contribution is -0.160. The molecule has 1 fully saturated rings. The Labute approximate surface area is 173 Å². The lowest BCUT2D eigenvalue weighted by Gasteiger charge is -2.23. The van der Waals surface area contributed by atoms with E-state index >= 15 is 0 Å². The second-order valence-corrected chi connectivity index (χ2v) is 7.73. The molecule has 0 spiro atoms. The smallest absolute Gasteiger partial charge is 0.313 e. The van der Waals surface area contributed by atoms with Crippen molar-refractivity contribution in [2.45, 2.75) is 25.4 Å². The topological polar surface area (TPSA) is 72.4 Å². The van der Waals surface area contributed by atoms with Crippen molar-refractivity contribution in [1.82, 2.24) is 14.9 Å². The second kappa shape index (κ2) is 8.96. The van der Waals surface area contributed by atoms with Crippen molar-refractivity contribution in [2.75, 3.05) is 13.1 Å². The van der Waals surface area contributed by atoms with Crippen LogP contribution in [-0.4, -0.2) is 39.8 Å². The number of hydrogen-bond acceptors (Lipinski definition) is 6. The third kappa shape index (κ3) is 4.68. The Hall–Kier alpha value is -3.06. The van der Waals surface area contributed by atoms with Gasteiger partial charge in [-0.05, 0) is 25.0 Å². The monoisotopic (exact) mass is 407 g/mol. The molecular formula is C22H21N3O3S. The highest BCUT2D eigenvalue weighted by atomic mass is 32.1. The highest BCUT2D eigenvalue weighted by Gasteiger charge is 2.31. The van der Waals surface area contributed by atoms with E-state index in [2.05, 4.69) is 9.97 Å². The largest absolute Gasteiger partial charge is 0.447 e. The molecular weight excluding hydrogens is 386 g/mol. The average molecular weight is 407 g/mol. The molecule has 3 heterocycles. The van der Waals surface area contributed by atoms with Crippen molar-refractivity contribution >= 4 is 23.2 Å². The van der Waals surface area contributed by atoms with Gasteiger partial charge in [-0.1, -0.05) is 30.3 Å². The van der Waals surface area contributed by atoms with Gasteiger partial charge in [0.1, 0.15) is 5.01 Å². The minimum absolute atomic E-state index is 0.0212. The molecule has 29 heavy (non-hydrogen) atoms. The molecule has 0 bridgehead atoms. The van der Waals surface area contributed by atoms with Gasteiger partial charge in [0.25, 0.3) is 5.91 Å². The normalized spacial score (nSPS) is 14.6. The molecule has 1 amide bonds. The van der Waals surface area contributed by atoms with E-state index in [1.807, 2.05) is 47.8 Å². The van der Waals surface area contributed by atoms with E-state index in [0.29, 0.717) is 24.3 Å². The van der Waals surface area contributed by atoms with E-state index < -0.39 is 12.1 Å². The van der Waals surface area contributed by atoms with E-state index in [1.54, 1.807) is 17.3 Å². The molecule has 148 valence electrons. The molecule has 4 rings (SSSR count). The standard InChI is InChI=1S/C22H21N3O3S/c26-19(13-18-15-29-21(24-18)17-9-6-10-23-14-17)28-20(16-7-2-1-3-8-16)22(27)25-11-4-5-12-25/h1-3,6-10,14-15,20H,4-5,11-13H2/t20-/m0/s1. The van der Waals surface area contributed by atoms with Gasteiger partial charge in [0.05, 0.1) is 12.1 Å². The van der Waals surface area contributed by atoms with Gasteiger partial charge in [0.2, 0.25) is 6.10 Å². The zero-order chi connectivity index (χ0) is 20.1. The first-order valence-corrected chi connectivity index (χ1v) is 10.5. The quantitative estimate of drug-likeness (QED) is 0.583. The molecule has 6 nitrogen and oxygen atoms in total. The van der Waals surface area contributed by atoms with Crippen LogP contribution in [0.3, 0.4) is 0 Å². The number of carbonyl (C=O) groups excluding carboxylic acids is 2. The van der Waals surface area contributed by atoms with Crippen LogP contribution in [0.5, 0.6) is 0 Å². The van der Waals surface area contributed by atoms with Gasteiger partial charge in [0, 0.05) is 42.0 Å². The number of carbonyl (C=O) groups is 2. The van der Waals surface area contributed by atoms with Crippen LogP contribution in [0.4, 0.5) is 0 Å². The third-order valence-electron chi connectivity index (χ3n) is 4.78. The van der Waals surface area contributed by atoms with Crippen LogP contribution in [0.2, 0.25) is 0 Å². The summed E-state index contributed by atoms with van der Waals surface area (Å²) >= 11 is 1.45. The Morgan fingerprint density at radius 3 is 2.62 bits per heavy atom. The van der Waals surface area contributed by atoms with Gasteiger partial charge in [0.15, 0.2) is 0 Å². The summed E-state index contributed by atoms with van der Waals surface area (Å²) in [5, 5.41) is 2.64. The molecule has 0 aliphatic carbocycles. The molecule has 1 aromatic carbocycles. The van der Waals surface area contributed by atoms with Crippen LogP contribution < -0.4 is 0 Å². The zero-order valence-electron chi connectivity index (χ0n) is 15.9. The number of rotatable bonds is 6. The summed E-state index contributed by atoms with van der Waals surface area (Å²) in [5.74, 6) is -0.620. The minimum Gasteiger partial charge on any atom is -0.447 e. The number of esters is 1. The molecule has 1 aliphatic rings. The highest BCUT2D eigenvalue weighted by Crippen LogP contribution is 2.25. The number of amides is 1. The summed E-state index contributed by atoms with van der Waals surface area (Å²) in [5.41, 5.74) is 2.22. The Morgan fingerprint density at radius 1 is 1.10 bits per heavy atom. The SMILES string of the molecule is O=C(Cc1csc(-c2cccnc2)n1)O[C@H](C(=O)N1CCCC1)c1ccccc1. The van der Waals surface area contributed by atoms with E-state index in [1.165, 1.54) is 11.3 Å². The predicted octanol–water partition coefficient (Wildman–Crippen LogP) is 3.65. The first-order valence-electron chi connectivity index (χ1n) is 9.59. The van der Waals surface area contributed by atoms with Crippen LogP contribution >= 0.6 is 11.3 Å². The van der Waals surface area contributed by atoms with E-state index in [0.717, 1.165) is 23.4 Å². The fourth-order valence-corrected chi connectivity index (χ4v) is 4.13. The first kappa shape index (κ1) is 19.3. The van der Waals surface area contributed by atoms with Crippen molar-refractivity contribution in [3.8, 4) is 10.6 Å². The Balaban J connectivity index is 1.47. The molecule has 3 aromatic rings. The second-order valence-electron chi connectivity index (χ2n) is 6.88. The maximum atomic E-state index is 13.0. The molecule has 2 aromatic heterocycles. The average Bonchev–Trinajstić information content (AvgIpc) is 3.45. The molecule has 1 aliphatic heterocycles. The Morgan fingerprint density at radius 2 is 1.90 bits per heavy atom. The third-order valence-corrected chi connectivity index (χ3v) is 5.72. The fraction of sp³-hybridized carbons (Fsp3) is 0.273. The molecule has 0 N–H and O–H groups in total. The van der Waals surface area contributed by atoms with Gasteiger partial charge >= 0.3 is 5.97 Å². The maximum Gasteiger partial charge on any atom is 0.313 e. The number of ether oxygens (including phenoxy) is 1. The maximum absolute atomic E-state index is 13.0. The van der Waals surface area contributed by atoms with Gasteiger partial charge in [-0.25, -0.2) is 4.98 Å². The Bertz CT molecular complexity index is 969. The molecule has 0 radical (unpaired) electrons. The summed E-state index contributed by atoms with van der Waals surface area (Å²) in [6, 6.07) is 13.0. The van der Waals surface area contributed by atoms with Crippen LogP contribution in [0.1, 0.15) is 30.2 Å². The number of hydrogen-bond donors (Lipinski definition) is 0. The van der Waals surface area contributed by atoms with Crippen molar-refractivity contribution < 1.29 is 14.3 Å². The lowest BCUT2D eigenvalue weighted by atomic mass is 10.1.